The molecule has 2 N–H and O–H groups in total. The second-order valence-electron chi connectivity index (χ2n) is 6.10. The number of benzene rings is 1. The number of hydrogen-bond acceptors (Lipinski definition) is 4. The molecule has 1 aromatic carbocycles. The molecule has 0 aliphatic heterocycles. The Labute approximate surface area is 126 Å². The zero-order valence-electron chi connectivity index (χ0n) is 12.8. The summed E-state index contributed by atoms with van der Waals surface area (Å²) in [7, 11) is -3.75. The third-order valence-electron chi connectivity index (χ3n) is 3.22. The first kappa shape index (κ1) is 17.6. The summed E-state index contributed by atoms with van der Waals surface area (Å²) in [4.78, 5) is -0.00199. The van der Waals surface area contributed by atoms with Crippen molar-refractivity contribution in [1.82, 2.24) is 4.72 Å². The average Bonchev–Trinajstić information content (AvgIpc) is 2.35. The number of rotatable bonds is 6. The molecule has 5 nitrogen and oxygen atoms in total. The van der Waals surface area contributed by atoms with E-state index in [1.165, 1.54) is 6.07 Å². The van der Waals surface area contributed by atoms with Crippen molar-refractivity contribution < 1.29 is 13.5 Å². The molecule has 21 heavy (non-hydrogen) atoms. The molecule has 0 amide bonds. The fourth-order valence-corrected chi connectivity index (χ4v) is 3.72. The molecule has 0 saturated carbocycles. The van der Waals surface area contributed by atoms with Crippen molar-refractivity contribution in [3.8, 4) is 6.07 Å². The number of nitriles is 1. The van der Waals surface area contributed by atoms with Gasteiger partial charge in [0.15, 0.2) is 0 Å². The van der Waals surface area contributed by atoms with Gasteiger partial charge in [0.2, 0.25) is 10.0 Å². The molecule has 0 spiro atoms. The lowest BCUT2D eigenvalue weighted by molar-refractivity contribution is 0.131. The van der Waals surface area contributed by atoms with E-state index in [0.29, 0.717) is 12.0 Å². The molecular weight excluding hydrogens is 288 g/mol. The van der Waals surface area contributed by atoms with Gasteiger partial charge in [-0.2, -0.15) is 5.26 Å². The highest BCUT2D eigenvalue weighted by molar-refractivity contribution is 7.89. The topological polar surface area (TPSA) is 90.2 Å². The molecule has 0 heterocycles. The Morgan fingerprint density at radius 3 is 2.57 bits per heavy atom. The molecule has 0 fully saturated rings. The Bertz CT molecular complexity index is 643. The van der Waals surface area contributed by atoms with E-state index in [9.17, 15) is 13.5 Å². The van der Waals surface area contributed by atoms with E-state index in [0.717, 1.165) is 0 Å². The number of nitrogens with zero attached hydrogens (tertiary/aromatic N) is 1. The summed E-state index contributed by atoms with van der Waals surface area (Å²) in [6.07, 6.45) is -0.0211. The number of sulfonamides is 1. The number of hydrogen-bond donors (Lipinski definition) is 2. The Hall–Kier alpha value is -1.42. The summed E-state index contributed by atoms with van der Waals surface area (Å²) in [5, 5.41) is 18.6. The van der Waals surface area contributed by atoms with Crippen LogP contribution in [0.5, 0.6) is 0 Å². The van der Waals surface area contributed by atoms with E-state index in [1.807, 2.05) is 19.9 Å². The quantitative estimate of drug-likeness (QED) is 0.840. The molecule has 0 bridgehead atoms. The highest BCUT2D eigenvalue weighted by atomic mass is 32.2. The SMILES string of the molecule is Cc1cccc(S(=O)(=O)NCC(C)(C)C[C@H](C)O)c1C#N. The lowest BCUT2D eigenvalue weighted by Crippen LogP contribution is -2.36. The summed E-state index contributed by atoms with van der Waals surface area (Å²) < 4.78 is 27.3. The van der Waals surface area contributed by atoms with E-state index < -0.39 is 16.1 Å². The average molecular weight is 310 g/mol. The van der Waals surface area contributed by atoms with Gasteiger partial charge in [-0.25, -0.2) is 13.1 Å². The Morgan fingerprint density at radius 2 is 2.05 bits per heavy atom. The second-order valence-corrected chi connectivity index (χ2v) is 7.84. The van der Waals surface area contributed by atoms with Crippen LogP contribution in [0.15, 0.2) is 23.1 Å². The van der Waals surface area contributed by atoms with Gasteiger partial charge >= 0.3 is 0 Å². The highest BCUT2D eigenvalue weighted by Crippen LogP contribution is 2.23. The van der Waals surface area contributed by atoms with Crippen LogP contribution in [-0.4, -0.2) is 26.2 Å². The minimum atomic E-state index is -3.75. The second kappa shape index (κ2) is 6.56. The highest BCUT2D eigenvalue weighted by Gasteiger charge is 2.25. The number of nitrogens with one attached hydrogen (secondary N) is 1. The van der Waals surface area contributed by atoms with Gasteiger partial charge in [0.25, 0.3) is 0 Å². The first-order valence-electron chi connectivity index (χ1n) is 6.76. The predicted molar refractivity (Wildman–Crippen MR) is 81.2 cm³/mol. The lowest BCUT2D eigenvalue weighted by atomic mass is 9.87. The van der Waals surface area contributed by atoms with Crippen LogP contribution in [-0.2, 0) is 10.0 Å². The number of aliphatic hydroxyl groups is 1. The van der Waals surface area contributed by atoms with Gasteiger partial charge in [0.05, 0.1) is 16.6 Å². The molecule has 0 aromatic heterocycles. The number of aliphatic hydroxyl groups excluding tert-OH is 1. The zero-order chi connectivity index (χ0) is 16.3. The van der Waals surface area contributed by atoms with Gasteiger partial charge in [0, 0.05) is 6.54 Å². The largest absolute Gasteiger partial charge is 0.393 e. The lowest BCUT2D eigenvalue weighted by Gasteiger charge is -2.26. The maximum absolute atomic E-state index is 12.4. The van der Waals surface area contributed by atoms with Crippen molar-refractivity contribution in [2.24, 2.45) is 5.41 Å². The summed E-state index contributed by atoms with van der Waals surface area (Å²) in [5.41, 5.74) is 0.416. The first-order valence-corrected chi connectivity index (χ1v) is 8.25. The maximum atomic E-state index is 12.4. The van der Waals surface area contributed by atoms with Crippen LogP contribution in [0.2, 0.25) is 0 Å². The molecule has 1 atom stereocenters. The van der Waals surface area contributed by atoms with Crippen molar-refractivity contribution in [2.45, 2.75) is 45.1 Å². The molecule has 0 saturated heterocycles. The molecule has 6 heteroatoms. The Morgan fingerprint density at radius 1 is 1.43 bits per heavy atom. The summed E-state index contributed by atoms with van der Waals surface area (Å²) in [6, 6.07) is 6.69. The van der Waals surface area contributed by atoms with Crippen LogP contribution >= 0.6 is 0 Å². The van der Waals surface area contributed by atoms with Crippen molar-refractivity contribution in [1.29, 1.82) is 5.26 Å². The number of aryl methyl sites for hydroxylation is 1. The fourth-order valence-electron chi connectivity index (χ4n) is 2.25. The van der Waals surface area contributed by atoms with E-state index in [-0.39, 0.29) is 22.4 Å². The third kappa shape index (κ3) is 4.81. The summed E-state index contributed by atoms with van der Waals surface area (Å²) in [5.74, 6) is 0. The Kier molecular flexibility index (Phi) is 5.51. The molecule has 0 aliphatic rings. The van der Waals surface area contributed by atoms with E-state index >= 15 is 0 Å². The molecule has 116 valence electrons. The summed E-state index contributed by atoms with van der Waals surface area (Å²) in [6.45, 7) is 7.33. The minimum absolute atomic E-state index is 0.00199. The van der Waals surface area contributed by atoms with Crippen LogP contribution < -0.4 is 4.72 Å². The molecule has 1 aromatic rings. The van der Waals surface area contributed by atoms with Crippen LogP contribution in [0.4, 0.5) is 0 Å². The molecule has 0 radical (unpaired) electrons. The van der Waals surface area contributed by atoms with Crippen molar-refractivity contribution in [3.63, 3.8) is 0 Å². The van der Waals surface area contributed by atoms with Crippen molar-refractivity contribution in [2.75, 3.05) is 6.54 Å². The zero-order valence-corrected chi connectivity index (χ0v) is 13.7. The first-order chi connectivity index (χ1) is 9.59. The van der Waals surface area contributed by atoms with Crippen molar-refractivity contribution >= 4 is 10.0 Å². The van der Waals surface area contributed by atoms with Gasteiger partial charge < -0.3 is 5.11 Å². The van der Waals surface area contributed by atoms with E-state index in [2.05, 4.69) is 4.72 Å². The van der Waals surface area contributed by atoms with Crippen molar-refractivity contribution in [3.05, 3.63) is 29.3 Å². The Balaban J connectivity index is 2.99. The van der Waals surface area contributed by atoms with Crippen LogP contribution in [0.1, 0.15) is 38.3 Å². The maximum Gasteiger partial charge on any atom is 0.241 e. The minimum Gasteiger partial charge on any atom is -0.393 e. The normalized spacial score (nSPS) is 13.7. The van der Waals surface area contributed by atoms with E-state index in [1.54, 1.807) is 26.0 Å². The molecular formula is C15H22N2O3S. The molecule has 0 aliphatic carbocycles. The predicted octanol–water partition coefficient (Wildman–Crippen LogP) is 1.94. The van der Waals surface area contributed by atoms with Gasteiger partial charge in [-0.1, -0.05) is 26.0 Å². The van der Waals surface area contributed by atoms with E-state index in [4.69, 9.17) is 5.26 Å². The monoisotopic (exact) mass is 310 g/mol. The van der Waals surface area contributed by atoms with Crippen LogP contribution in [0.25, 0.3) is 0 Å². The van der Waals surface area contributed by atoms with Gasteiger partial charge in [-0.15, -0.1) is 0 Å². The van der Waals surface area contributed by atoms with Gasteiger partial charge in [-0.3, -0.25) is 0 Å². The standard InChI is InChI=1S/C15H22N2O3S/c1-11-6-5-7-14(13(11)9-16)21(19,20)17-10-15(3,4)8-12(2)18/h5-7,12,17-18H,8,10H2,1-4H3/t12-/m0/s1. The molecule has 0 unspecified atom stereocenters. The fraction of sp³-hybridized carbons (Fsp3) is 0.533. The third-order valence-corrected chi connectivity index (χ3v) is 4.67. The van der Waals surface area contributed by atoms with Gasteiger partial charge in [0.1, 0.15) is 6.07 Å². The van der Waals surface area contributed by atoms with Gasteiger partial charge in [-0.05, 0) is 37.3 Å². The van der Waals surface area contributed by atoms with Crippen LogP contribution in [0.3, 0.4) is 0 Å². The van der Waals surface area contributed by atoms with Crippen LogP contribution in [0, 0.1) is 23.7 Å². The smallest absolute Gasteiger partial charge is 0.241 e. The molecule has 1 rings (SSSR count). The summed E-state index contributed by atoms with van der Waals surface area (Å²) >= 11 is 0.